The Bertz CT molecular complexity index is 928. The molecule has 0 atom stereocenters. The van der Waals surface area contributed by atoms with Gasteiger partial charge in [-0.15, -0.1) is 0 Å². The van der Waals surface area contributed by atoms with Crippen molar-refractivity contribution in [3.05, 3.63) is 62.4 Å². The molecule has 0 bridgehead atoms. The van der Waals surface area contributed by atoms with Crippen LogP contribution in [0.5, 0.6) is 0 Å². The van der Waals surface area contributed by atoms with Gasteiger partial charge in [0.2, 0.25) is 0 Å². The number of likely N-dealkylation sites (N-methyl/N-ethyl adjacent to an activating group) is 1. The fourth-order valence-electron chi connectivity index (χ4n) is 2.63. The molecule has 0 aliphatic heterocycles. The number of benzene rings is 1. The predicted molar refractivity (Wildman–Crippen MR) is 101 cm³/mol. The second-order valence-electron chi connectivity index (χ2n) is 6.31. The number of H-pyrrole nitrogens is 1. The second kappa shape index (κ2) is 8.46. The Morgan fingerprint density at radius 1 is 1.08 bits per heavy atom. The highest BCUT2D eigenvalue weighted by Crippen LogP contribution is 2.12. The van der Waals surface area contributed by atoms with E-state index in [4.69, 9.17) is 0 Å². The molecular weight excluding hydrogens is 354 g/mol. The number of hydrogen-bond acceptors (Lipinski definition) is 5. The van der Waals surface area contributed by atoms with E-state index in [1.807, 2.05) is 18.7 Å². The van der Waals surface area contributed by atoms with Gasteiger partial charge in [0.15, 0.2) is 9.84 Å². The fourth-order valence-corrected chi connectivity index (χ4v) is 3.91. The van der Waals surface area contributed by atoms with Crippen LogP contribution in [0, 0.1) is 13.8 Å². The largest absolute Gasteiger partial charge is 0.328 e. The summed E-state index contributed by atoms with van der Waals surface area (Å²) in [7, 11) is -3.37. The van der Waals surface area contributed by atoms with Crippen molar-refractivity contribution in [2.75, 3.05) is 25.4 Å². The molecule has 7 nitrogen and oxygen atoms in total. The van der Waals surface area contributed by atoms with E-state index in [1.165, 1.54) is 6.07 Å². The van der Waals surface area contributed by atoms with Crippen LogP contribution in [0.4, 0.5) is 0 Å². The molecule has 2 rings (SSSR count). The fraction of sp³-hybridized carbons (Fsp3) is 0.444. The molecule has 26 heavy (non-hydrogen) atoms. The summed E-state index contributed by atoms with van der Waals surface area (Å²) in [4.78, 5) is 28.6. The molecule has 1 heterocycles. The van der Waals surface area contributed by atoms with Crippen LogP contribution in [0.25, 0.3) is 0 Å². The molecule has 0 radical (unpaired) electrons. The van der Waals surface area contributed by atoms with Crippen molar-refractivity contribution < 1.29 is 8.42 Å². The van der Waals surface area contributed by atoms with E-state index in [2.05, 4.69) is 4.98 Å². The minimum absolute atomic E-state index is 0.0109. The lowest BCUT2D eigenvalue weighted by atomic mass is 10.2. The van der Waals surface area contributed by atoms with Crippen LogP contribution in [0.15, 0.2) is 44.8 Å². The van der Waals surface area contributed by atoms with Crippen LogP contribution < -0.4 is 11.2 Å². The molecule has 0 saturated carbocycles. The van der Waals surface area contributed by atoms with Gasteiger partial charge in [-0.1, -0.05) is 24.6 Å². The van der Waals surface area contributed by atoms with E-state index in [0.29, 0.717) is 30.2 Å². The molecule has 2 aromatic rings. The monoisotopic (exact) mass is 379 g/mol. The van der Waals surface area contributed by atoms with Crippen LogP contribution in [0.2, 0.25) is 0 Å². The van der Waals surface area contributed by atoms with Crippen LogP contribution in [0.1, 0.15) is 18.2 Å². The lowest BCUT2D eigenvalue weighted by Crippen LogP contribution is -2.40. The number of nitrogens with one attached hydrogen (secondary N) is 1. The number of hydrogen-bond donors (Lipinski definition) is 1. The number of aryl methyl sites for hydroxylation is 2. The van der Waals surface area contributed by atoms with Gasteiger partial charge in [-0.05, 0) is 32.5 Å². The van der Waals surface area contributed by atoms with Crippen molar-refractivity contribution >= 4 is 9.84 Å². The van der Waals surface area contributed by atoms with E-state index >= 15 is 0 Å². The van der Waals surface area contributed by atoms with Crippen LogP contribution in [-0.4, -0.2) is 48.3 Å². The summed E-state index contributed by atoms with van der Waals surface area (Å²) in [6.45, 7) is 7.08. The maximum absolute atomic E-state index is 12.4. The van der Waals surface area contributed by atoms with Crippen molar-refractivity contribution in [3.63, 3.8) is 0 Å². The van der Waals surface area contributed by atoms with E-state index in [9.17, 15) is 18.0 Å². The molecule has 0 fully saturated rings. The minimum atomic E-state index is -3.37. The van der Waals surface area contributed by atoms with Gasteiger partial charge in [0.1, 0.15) is 0 Å². The van der Waals surface area contributed by atoms with Crippen LogP contribution in [-0.2, 0) is 16.4 Å². The normalized spacial score (nSPS) is 11.8. The third kappa shape index (κ3) is 5.15. The van der Waals surface area contributed by atoms with Crippen molar-refractivity contribution in [2.45, 2.75) is 32.2 Å². The Balaban J connectivity index is 2.01. The van der Waals surface area contributed by atoms with Crippen molar-refractivity contribution in [1.29, 1.82) is 0 Å². The predicted octanol–water partition coefficient (Wildman–Crippen LogP) is 0.949. The van der Waals surface area contributed by atoms with Gasteiger partial charge in [-0.3, -0.25) is 9.36 Å². The molecule has 8 heteroatoms. The molecule has 0 aliphatic rings. The van der Waals surface area contributed by atoms with Crippen molar-refractivity contribution in [3.8, 4) is 0 Å². The highest BCUT2D eigenvalue weighted by molar-refractivity contribution is 7.91. The molecule has 1 N–H and O–H groups in total. The standard InChI is InChI=1S/C18H25N3O4S/c1-4-20(9-10-21-17(22)13-15(3)19-18(21)23)11-12-26(24,25)16-7-5-14(2)6-8-16/h5-8,13H,4,9-12H2,1-3H3,(H,19,23). The van der Waals surface area contributed by atoms with Crippen LogP contribution >= 0.6 is 0 Å². The zero-order valence-corrected chi connectivity index (χ0v) is 16.2. The molecule has 0 saturated heterocycles. The summed E-state index contributed by atoms with van der Waals surface area (Å²) in [6.07, 6.45) is 0. The average molecular weight is 379 g/mol. The van der Waals surface area contributed by atoms with E-state index in [-0.39, 0.29) is 17.9 Å². The first-order valence-corrected chi connectivity index (χ1v) is 10.2. The Morgan fingerprint density at radius 2 is 1.73 bits per heavy atom. The number of rotatable bonds is 8. The van der Waals surface area contributed by atoms with E-state index < -0.39 is 15.5 Å². The molecule has 0 aliphatic carbocycles. The topological polar surface area (TPSA) is 92.2 Å². The number of sulfone groups is 1. The lowest BCUT2D eigenvalue weighted by molar-refractivity contribution is 0.287. The average Bonchev–Trinajstić information content (AvgIpc) is 2.57. The zero-order chi connectivity index (χ0) is 19.3. The Morgan fingerprint density at radius 3 is 2.31 bits per heavy atom. The summed E-state index contributed by atoms with van der Waals surface area (Å²) < 4.78 is 26.0. The van der Waals surface area contributed by atoms with Crippen LogP contribution in [0.3, 0.4) is 0 Å². The number of aromatic amines is 1. The van der Waals surface area contributed by atoms with Gasteiger partial charge in [0.25, 0.3) is 5.56 Å². The van der Waals surface area contributed by atoms with Gasteiger partial charge < -0.3 is 9.88 Å². The van der Waals surface area contributed by atoms with Gasteiger partial charge >= 0.3 is 5.69 Å². The third-order valence-corrected chi connectivity index (χ3v) is 6.01. The Hall–Kier alpha value is -2.19. The second-order valence-corrected chi connectivity index (χ2v) is 8.42. The van der Waals surface area contributed by atoms with E-state index in [1.54, 1.807) is 31.2 Å². The third-order valence-electron chi connectivity index (χ3n) is 4.30. The first-order chi connectivity index (χ1) is 12.2. The first kappa shape index (κ1) is 20.1. The number of aromatic nitrogens is 2. The molecular formula is C18H25N3O4S. The highest BCUT2D eigenvalue weighted by atomic mass is 32.2. The van der Waals surface area contributed by atoms with Gasteiger partial charge in [-0.25, -0.2) is 13.2 Å². The maximum Gasteiger partial charge on any atom is 0.328 e. The summed E-state index contributed by atoms with van der Waals surface area (Å²) in [5.74, 6) is -0.0109. The maximum atomic E-state index is 12.4. The Labute approximate surface area is 153 Å². The molecule has 0 spiro atoms. The molecule has 0 unspecified atom stereocenters. The smallest absolute Gasteiger partial charge is 0.311 e. The molecule has 0 amide bonds. The zero-order valence-electron chi connectivity index (χ0n) is 15.4. The van der Waals surface area contributed by atoms with E-state index in [0.717, 1.165) is 10.1 Å². The highest BCUT2D eigenvalue weighted by Gasteiger charge is 2.16. The lowest BCUT2D eigenvalue weighted by Gasteiger charge is -2.20. The summed E-state index contributed by atoms with van der Waals surface area (Å²) in [5, 5.41) is 0. The molecule has 1 aromatic heterocycles. The summed E-state index contributed by atoms with van der Waals surface area (Å²) in [5.41, 5.74) is 0.730. The first-order valence-electron chi connectivity index (χ1n) is 8.55. The van der Waals surface area contributed by atoms with Gasteiger partial charge in [0.05, 0.1) is 10.6 Å². The summed E-state index contributed by atoms with van der Waals surface area (Å²) >= 11 is 0. The van der Waals surface area contributed by atoms with Crippen molar-refractivity contribution in [2.24, 2.45) is 0 Å². The van der Waals surface area contributed by atoms with Crippen molar-refractivity contribution in [1.82, 2.24) is 14.5 Å². The molecule has 1 aromatic carbocycles. The Kier molecular flexibility index (Phi) is 6.55. The van der Waals surface area contributed by atoms with Gasteiger partial charge in [-0.2, -0.15) is 0 Å². The molecule has 142 valence electrons. The van der Waals surface area contributed by atoms with Gasteiger partial charge in [0, 0.05) is 31.4 Å². The summed E-state index contributed by atoms with van der Waals surface area (Å²) in [6, 6.07) is 8.17. The minimum Gasteiger partial charge on any atom is -0.311 e. The SMILES string of the molecule is CCN(CCn1c(=O)cc(C)[nH]c1=O)CCS(=O)(=O)c1ccc(C)cc1. The number of nitrogens with zero attached hydrogens (tertiary/aromatic N) is 2. The quantitative estimate of drug-likeness (QED) is 0.737.